The molecule has 1 N–H and O–H groups in total. The van der Waals surface area contributed by atoms with E-state index >= 15 is 0 Å². The molecule has 0 fully saturated rings. The fourth-order valence-electron chi connectivity index (χ4n) is 2.94. The third kappa shape index (κ3) is 5.11. The molecular weight excluding hydrogens is 413 g/mol. The number of anilines is 1. The van der Waals surface area contributed by atoms with E-state index in [1.165, 1.54) is 12.0 Å². The van der Waals surface area contributed by atoms with E-state index in [-0.39, 0.29) is 17.1 Å². The van der Waals surface area contributed by atoms with Gasteiger partial charge in [0.1, 0.15) is 5.75 Å². The van der Waals surface area contributed by atoms with Crippen LogP contribution in [0.1, 0.15) is 11.1 Å². The highest BCUT2D eigenvalue weighted by molar-refractivity contribution is 7.92. The van der Waals surface area contributed by atoms with Crippen LogP contribution in [0.4, 0.5) is 23.7 Å². The van der Waals surface area contributed by atoms with Crippen LogP contribution < -0.4 is 9.46 Å². The molecule has 1 aliphatic heterocycles. The number of hydrogen-bond acceptors (Lipinski definition) is 5. The lowest BCUT2D eigenvalue weighted by Crippen LogP contribution is -2.35. The molecule has 0 unspecified atom stereocenters. The lowest BCUT2D eigenvalue weighted by Gasteiger charge is -2.28. The maximum Gasteiger partial charge on any atom is 0.573 e. The molecule has 0 saturated carbocycles. The van der Waals surface area contributed by atoms with Crippen LogP contribution in [0, 0.1) is 0 Å². The van der Waals surface area contributed by atoms with Crippen LogP contribution in [0.5, 0.6) is 5.75 Å². The van der Waals surface area contributed by atoms with Gasteiger partial charge in [-0.25, -0.2) is 13.2 Å². The van der Waals surface area contributed by atoms with Gasteiger partial charge in [0.25, 0.3) is 10.0 Å². The van der Waals surface area contributed by atoms with Gasteiger partial charge in [-0.15, -0.1) is 13.2 Å². The first kappa shape index (κ1) is 20.8. The molecule has 0 atom stereocenters. The smallest absolute Gasteiger partial charge is 0.453 e. The molecule has 0 spiro atoms. The van der Waals surface area contributed by atoms with Gasteiger partial charge >= 0.3 is 12.5 Å². The number of carbonyl (C=O) groups excluding carboxylic acids is 1. The Morgan fingerprint density at radius 1 is 1.10 bits per heavy atom. The van der Waals surface area contributed by atoms with Crippen molar-refractivity contribution in [1.29, 1.82) is 0 Å². The monoisotopic (exact) mass is 430 g/mol. The molecule has 7 nitrogen and oxygen atoms in total. The molecule has 2 aromatic rings. The van der Waals surface area contributed by atoms with Crippen LogP contribution >= 0.6 is 0 Å². The summed E-state index contributed by atoms with van der Waals surface area (Å²) in [6, 6.07) is 8.84. The number of amides is 1. The predicted octanol–water partition coefficient (Wildman–Crippen LogP) is 3.51. The summed E-state index contributed by atoms with van der Waals surface area (Å²) < 4.78 is 72.5. The lowest BCUT2D eigenvalue weighted by molar-refractivity contribution is -0.274. The minimum Gasteiger partial charge on any atom is -0.453 e. The van der Waals surface area contributed by atoms with Crippen molar-refractivity contribution in [3.63, 3.8) is 0 Å². The minimum atomic E-state index is -4.86. The van der Waals surface area contributed by atoms with Crippen molar-refractivity contribution in [3.8, 4) is 5.75 Å². The first-order valence-electron chi connectivity index (χ1n) is 8.41. The number of rotatable bonds is 4. The van der Waals surface area contributed by atoms with Gasteiger partial charge in [-0.2, -0.15) is 0 Å². The maximum absolute atomic E-state index is 12.5. The fourth-order valence-corrected chi connectivity index (χ4v) is 3.99. The van der Waals surface area contributed by atoms with Gasteiger partial charge in [-0.1, -0.05) is 6.07 Å². The van der Waals surface area contributed by atoms with Crippen LogP contribution in [-0.2, 0) is 27.7 Å². The van der Waals surface area contributed by atoms with Gasteiger partial charge in [0.15, 0.2) is 0 Å². The van der Waals surface area contributed by atoms with Gasteiger partial charge in [-0.3, -0.25) is 4.72 Å². The molecule has 0 radical (unpaired) electrons. The van der Waals surface area contributed by atoms with E-state index in [4.69, 9.17) is 4.74 Å². The Morgan fingerprint density at radius 2 is 1.79 bits per heavy atom. The largest absolute Gasteiger partial charge is 0.573 e. The molecular formula is C18H17F3N2O5S. The molecule has 29 heavy (non-hydrogen) atoms. The van der Waals surface area contributed by atoms with Crippen LogP contribution in [0.2, 0.25) is 0 Å². The number of alkyl halides is 3. The van der Waals surface area contributed by atoms with Crippen molar-refractivity contribution in [2.45, 2.75) is 24.2 Å². The van der Waals surface area contributed by atoms with Crippen LogP contribution in [0.25, 0.3) is 0 Å². The first-order chi connectivity index (χ1) is 13.6. The number of fused-ring (bicyclic) bond motifs is 1. The Labute approximate surface area is 165 Å². The third-order valence-corrected chi connectivity index (χ3v) is 5.67. The molecule has 1 aliphatic rings. The molecule has 0 saturated heterocycles. The molecule has 3 rings (SSSR count). The summed E-state index contributed by atoms with van der Waals surface area (Å²) in [5.41, 5.74) is 2.03. The number of nitrogens with one attached hydrogen (secondary N) is 1. The van der Waals surface area contributed by atoms with Crippen molar-refractivity contribution >= 4 is 21.8 Å². The Hall–Kier alpha value is -2.95. The zero-order chi connectivity index (χ0) is 21.2. The Balaban J connectivity index is 1.76. The van der Waals surface area contributed by atoms with E-state index in [9.17, 15) is 26.4 Å². The average Bonchev–Trinajstić information content (AvgIpc) is 2.65. The van der Waals surface area contributed by atoms with Gasteiger partial charge in [0.2, 0.25) is 0 Å². The van der Waals surface area contributed by atoms with Gasteiger partial charge in [0, 0.05) is 18.8 Å². The number of nitrogens with zero attached hydrogens (tertiary/aromatic N) is 1. The van der Waals surface area contributed by atoms with Gasteiger partial charge in [-0.05, 0) is 53.9 Å². The number of halogens is 3. The van der Waals surface area contributed by atoms with Crippen molar-refractivity contribution in [2.75, 3.05) is 18.4 Å². The topological polar surface area (TPSA) is 84.9 Å². The molecule has 156 valence electrons. The number of carbonyl (C=O) groups is 1. The fraction of sp³-hybridized carbons (Fsp3) is 0.278. The van der Waals surface area contributed by atoms with E-state index in [0.29, 0.717) is 13.0 Å². The molecule has 1 heterocycles. The van der Waals surface area contributed by atoms with Crippen molar-refractivity contribution in [1.82, 2.24) is 4.90 Å². The van der Waals surface area contributed by atoms with Crippen molar-refractivity contribution in [3.05, 3.63) is 53.6 Å². The second kappa shape index (κ2) is 7.82. The van der Waals surface area contributed by atoms with Crippen LogP contribution in [-0.4, -0.2) is 39.4 Å². The SMILES string of the molecule is COC(=O)N1CCc2ccc(NS(=O)(=O)c3ccc(OC(F)(F)F)cc3)cc2C1. The molecule has 0 aromatic heterocycles. The minimum absolute atomic E-state index is 0.221. The van der Waals surface area contributed by atoms with E-state index in [1.54, 1.807) is 18.2 Å². The zero-order valence-corrected chi connectivity index (χ0v) is 16.0. The highest BCUT2D eigenvalue weighted by Gasteiger charge is 2.31. The van der Waals surface area contributed by atoms with Crippen LogP contribution in [0.15, 0.2) is 47.4 Å². The third-order valence-electron chi connectivity index (χ3n) is 4.27. The highest BCUT2D eigenvalue weighted by atomic mass is 32.2. The highest BCUT2D eigenvalue weighted by Crippen LogP contribution is 2.27. The molecule has 0 aliphatic carbocycles. The molecule has 0 bridgehead atoms. The van der Waals surface area contributed by atoms with E-state index in [1.807, 2.05) is 0 Å². The number of ether oxygens (including phenoxy) is 2. The van der Waals surface area contributed by atoms with Gasteiger partial charge < -0.3 is 14.4 Å². The average molecular weight is 430 g/mol. The zero-order valence-electron chi connectivity index (χ0n) is 15.2. The predicted molar refractivity (Wildman–Crippen MR) is 96.9 cm³/mol. The number of methoxy groups -OCH3 is 1. The normalized spacial score (nSPS) is 14.1. The second-order valence-electron chi connectivity index (χ2n) is 6.25. The molecule has 11 heteroatoms. The quantitative estimate of drug-likeness (QED) is 0.803. The molecule has 2 aromatic carbocycles. The Kier molecular flexibility index (Phi) is 5.60. The standard InChI is InChI=1S/C18H17F3N2O5S/c1-27-17(24)23-9-8-12-2-3-14(10-13(12)11-23)22-29(25,26)16-6-4-15(5-7-16)28-18(19,20)21/h2-7,10,22H,8-9,11H2,1H3. The Bertz CT molecular complexity index is 1010. The first-order valence-corrected chi connectivity index (χ1v) is 9.89. The van der Waals surface area contributed by atoms with Crippen LogP contribution in [0.3, 0.4) is 0 Å². The summed E-state index contributed by atoms with van der Waals surface area (Å²) in [6.45, 7) is 0.776. The van der Waals surface area contributed by atoms with E-state index < -0.39 is 28.2 Å². The van der Waals surface area contributed by atoms with E-state index in [2.05, 4.69) is 9.46 Å². The van der Waals surface area contributed by atoms with Crippen molar-refractivity contribution in [2.24, 2.45) is 0 Å². The van der Waals surface area contributed by atoms with E-state index in [0.717, 1.165) is 35.4 Å². The van der Waals surface area contributed by atoms with Gasteiger partial charge in [0.05, 0.1) is 12.0 Å². The Morgan fingerprint density at radius 3 is 2.41 bits per heavy atom. The number of benzene rings is 2. The lowest BCUT2D eigenvalue weighted by atomic mass is 9.99. The summed E-state index contributed by atoms with van der Waals surface area (Å²) in [6.07, 6.45) is -4.72. The molecule has 1 amide bonds. The summed E-state index contributed by atoms with van der Waals surface area (Å²) in [4.78, 5) is 13.0. The second-order valence-corrected chi connectivity index (χ2v) is 7.93. The number of sulfonamides is 1. The number of hydrogen-bond donors (Lipinski definition) is 1. The van der Waals surface area contributed by atoms with Crippen molar-refractivity contribution < 1.29 is 35.9 Å². The maximum atomic E-state index is 12.5. The summed E-state index contributed by atoms with van der Waals surface area (Å²) in [5.74, 6) is -0.520. The summed E-state index contributed by atoms with van der Waals surface area (Å²) >= 11 is 0. The summed E-state index contributed by atoms with van der Waals surface area (Å²) in [5, 5.41) is 0. The summed E-state index contributed by atoms with van der Waals surface area (Å²) in [7, 11) is -2.74.